The van der Waals surface area contributed by atoms with Gasteiger partial charge in [-0.05, 0) is 43.0 Å². The van der Waals surface area contributed by atoms with E-state index in [9.17, 15) is 5.11 Å². The maximum atomic E-state index is 9.78. The van der Waals surface area contributed by atoms with Gasteiger partial charge >= 0.3 is 0 Å². The molecule has 0 fully saturated rings. The summed E-state index contributed by atoms with van der Waals surface area (Å²) in [7, 11) is 0. The van der Waals surface area contributed by atoms with Gasteiger partial charge in [0.25, 0.3) is 0 Å². The minimum Gasteiger partial charge on any atom is -0.456 e. The Hall–Kier alpha value is -1.54. The highest BCUT2D eigenvalue weighted by Crippen LogP contribution is 2.30. The molecule has 2 aromatic rings. The maximum absolute atomic E-state index is 9.78. The molecule has 1 aliphatic rings. The van der Waals surface area contributed by atoms with Crippen molar-refractivity contribution in [3.8, 4) is 0 Å². The summed E-state index contributed by atoms with van der Waals surface area (Å²) in [5, 5.41) is 10.9. The molecule has 1 aromatic carbocycles. The van der Waals surface area contributed by atoms with Crippen molar-refractivity contribution in [3.05, 3.63) is 42.2 Å². The van der Waals surface area contributed by atoms with E-state index in [1.807, 2.05) is 24.3 Å². The van der Waals surface area contributed by atoms with Crippen molar-refractivity contribution in [2.45, 2.75) is 31.8 Å². The van der Waals surface area contributed by atoms with Gasteiger partial charge in [-0.25, -0.2) is 0 Å². The van der Waals surface area contributed by atoms with Crippen LogP contribution >= 0.6 is 0 Å². The molecule has 88 valence electrons. The number of aliphatic hydroxyl groups excluding tert-OH is 1. The van der Waals surface area contributed by atoms with Gasteiger partial charge in [-0.1, -0.05) is 24.6 Å². The van der Waals surface area contributed by atoms with Crippen LogP contribution in [0.15, 0.2) is 40.8 Å². The lowest BCUT2D eigenvalue weighted by atomic mass is 10.1. The van der Waals surface area contributed by atoms with E-state index in [1.165, 1.54) is 0 Å². The molecule has 1 unspecified atom stereocenters. The number of para-hydroxylation sites is 1. The van der Waals surface area contributed by atoms with Gasteiger partial charge < -0.3 is 9.52 Å². The van der Waals surface area contributed by atoms with Gasteiger partial charge in [0, 0.05) is 5.39 Å². The Morgan fingerprint density at radius 2 is 2.06 bits per heavy atom. The largest absolute Gasteiger partial charge is 0.456 e. The molecule has 0 saturated carbocycles. The predicted octanol–water partition coefficient (Wildman–Crippen LogP) is 3.75. The van der Waals surface area contributed by atoms with Gasteiger partial charge in [0.2, 0.25) is 0 Å². The quantitative estimate of drug-likeness (QED) is 0.806. The van der Waals surface area contributed by atoms with Gasteiger partial charge in [-0.3, -0.25) is 0 Å². The van der Waals surface area contributed by atoms with Crippen LogP contribution in [0.4, 0.5) is 0 Å². The Kier molecular flexibility index (Phi) is 2.73. The second kappa shape index (κ2) is 4.38. The van der Waals surface area contributed by atoms with Crippen molar-refractivity contribution >= 4 is 16.5 Å². The van der Waals surface area contributed by atoms with Crippen molar-refractivity contribution in [1.29, 1.82) is 0 Å². The molecular weight excluding hydrogens is 212 g/mol. The first-order valence-corrected chi connectivity index (χ1v) is 6.20. The molecule has 1 aliphatic carbocycles. The fourth-order valence-electron chi connectivity index (χ4n) is 2.41. The molecule has 0 bridgehead atoms. The Balaban J connectivity index is 2.02. The lowest BCUT2D eigenvalue weighted by Crippen LogP contribution is -1.99. The highest BCUT2D eigenvalue weighted by molar-refractivity contribution is 5.81. The predicted molar refractivity (Wildman–Crippen MR) is 68.7 cm³/mol. The highest BCUT2D eigenvalue weighted by atomic mass is 16.3. The van der Waals surface area contributed by atoms with Crippen molar-refractivity contribution < 1.29 is 9.52 Å². The van der Waals surface area contributed by atoms with Crippen LogP contribution in [0.2, 0.25) is 0 Å². The van der Waals surface area contributed by atoms with E-state index < -0.39 is 0 Å². The first-order chi connectivity index (χ1) is 8.33. The molecule has 17 heavy (non-hydrogen) atoms. The van der Waals surface area contributed by atoms with Gasteiger partial charge in [-0.15, -0.1) is 0 Å². The van der Waals surface area contributed by atoms with E-state index >= 15 is 0 Å². The maximum Gasteiger partial charge on any atom is 0.134 e. The first kappa shape index (κ1) is 10.6. The normalized spacial score (nSPS) is 21.2. The van der Waals surface area contributed by atoms with Crippen LogP contribution in [0.1, 0.15) is 31.4 Å². The van der Waals surface area contributed by atoms with Gasteiger partial charge in [0.05, 0.1) is 6.10 Å². The number of allylic oxidation sites excluding steroid dienone is 1. The lowest BCUT2D eigenvalue weighted by molar-refractivity contribution is 0.211. The SMILES string of the molecule is OC1C=C(c2cc3ccccc3o2)CCCC1. The molecular formula is C15H16O2. The van der Waals surface area contributed by atoms with Crippen LogP contribution in [0.25, 0.3) is 16.5 Å². The van der Waals surface area contributed by atoms with Crippen molar-refractivity contribution in [3.63, 3.8) is 0 Å². The number of hydrogen-bond donors (Lipinski definition) is 1. The minimum atomic E-state index is -0.319. The molecule has 2 nitrogen and oxygen atoms in total. The Morgan fingerprint density at radius 1 is 1.18 bits per heavy atom. The summed E-state index contributed by atoms with van der Waals surface area (Å²) in [5.74, 6) is 0.909. The van der Waals surface area contributed by atoms with Gasteiger partial charge in [-0.2, -0.15) is 0 Å². The number of benzene rings is 1. The van der Waals surface area contributed by atoms with E-state index in [-0.39, 0.29) is 6.10 Å². The van der Waals surface area contributed by atoms with E-state index in [0.29, 0.717) is 0 Å². The summed E-state index contributed by atoms with van der Waals surface area (Å²) in [4.78, 5) is 0. The monoisotopic (exact) mass is 228 g/mol. The Bertz CT molecular complexity index is 518. The Morgan fingerprint density at radius 3 is 2.94 bits per heavy atom. The molecule has 0 spiro atoms. The summed E-state index contributed by atoms with van der Waals surface area (Å²) in [6.45, 7) is 0. The lowest BCUT2D eigenvalue weighted by Gasteiger charge is -2.02. The third-order valence-electron chi connectivity index (χ3n) is 3.33. The van der Waals surface area contributed by atoms with Gasteiger partial charge in [0.15, 0.2) is 0 Å². The summed E-state index contributed by atoms with van der Waals surface area (Å²) >= 11 is 0. The zero-order valence-corrected chi connectivity index (χ0v) is 9.73. The third-order valence-corrected chi connectivity index (χ3v) is 3.33. The molecule has 1 aromatic heterocycles. The van der Waals surface area contributed by atoms with Crippen molar-refractivity contribution in [2.24, 2.45) is 0 Å². The number of aliphatic hydroxyl groups is 1. The molecule has 3 rings (SSSR count). The van der Waals surface area contributed by atoms with E-state index in [0.717, 1.165) is 48.0 Å². The van der Waals surface area contributed by atoms with Crippen LogP contribution in [0.3, 0.4) is 0 Å². The van der Waals surface area contributed by atoms with Crippen molar-refractivity contribution in [1.82, 2.24) is 0 Å². The van der Waals surface area contributed by atoms with E-state index in [2.05, 4.69) is 12.1 Å². The molecule has 0 amide bonds. The molecule has 0 saturated heterocycles. The average Bonchev–Trinajstić information content (AvgIpc) is 2.65. The second-order valence-electron chi connectivity index (χ2n) is 4.65. The molecule has 0 radical (unpaired) electrons. The zero-order chi connectivity index (χ0) is 11.7. The summed E-state index contributed by atoms with van der Waals surface area (Å²) in [5.41, 5.74) is 2.06. The van der Waals surface area contributed by atoms with Crippen LogP contribution in [-0.2, 0) is 0 Å². The number of furan rings is 1. The second-order valence-corrected chi connectivity index (χ2v) is 4.65. The van der Waals surface area contributed by atoms with Crippen LogP contribution < -0.4 is 0 Å². The standard InChI is InChI=1S/C15H16O2/c16-13-7-3-1-5-11(9-13)15-10-12-6-2-4-8-14(12)17-15/h2,4,6,8-10,13,16H,1,3,5,7H2. The molecule has 1 heterocycles. The zero-order valence-electron chi connectivity index (χ0n) is 9.73. The van der Waals surface area contributed by atoms with Crippen LogP contribution in [0, 0.1) is 0 Å². The third kappa shape index (κ3) is 2.13. The van der Waals surface area contributed by atoms with E-state index in [4.69, 9.17) is 4.42 Å². The van der Waals surface area contributed by atoms with Crippen LogP contribution in [-0.4, -0.2) is 11.2 Å². The molecule has 1 N–H and O–H groups in total. The molecule has 2 heteroatoms. The fraction of sp³-hybridized carbons (Fsp3) is 0.333. The van der Waals surface area contributed by atoms with Crippen LogP contribution in [0.5, 0.6) is 0 Å². The van der Waals surface area contributed by atoms with Gasteiger partial charge in [0.1, 0.15) is 11.3 Å². The number of hydrogen-bond acceptors (Lipinski definition) is 2. The van der Waals surface area contributed by atoms with E-state index in [1.54, 1.807) is 0 Å². The summed E-state index contributed by atoms with van der Waals surface area (Å²) in [6, 6.07) is 10.1. The molecule has 0 aliphatic heterocycles. The smallest absolute Gasteiger partial charge is 0.134 e. The first-order valence-electron chi connectivity index (χ1n) is 6.20. The topological polar surface area (TPSA) is 33.4 Å². The van der Waals surface area contributed by atoms with Crippen molar-refractivity contribution in [2.75, 3.05) is 0 Å². The average molecular weight is 228 g/mol. The minimum absolute atomic E-state index is 0.319. The number of fused-ring (bicyclic) bond motifs is 1. The Labute approximate surface area is 101 Å². The fourth-order valence-corrected chi connectivity index (χ4v) is 2.41. The number of rotatable bonds is 1. The molecule has 1 atom stereocenters. The summed E-state index contributed by atoms with van der Waals surface area (Å²) in [6.07, 6.45) is 5.70. The highest BCUT2D eigenvalue weighted by Gasteiger charge is 2.14. The summed E-state index contributed by atoms with van der Waals surface area (Å²) < 4.78 is 5.83.